The highest BCUT2D eigenvalue weighted by molar-refractivity contribution is 7.99. The highest BCUT2D eigenvalue weighted by atomic mass is 32.2. The summed E-state index contributed by atoms with van der Waals surface area (Å²) >= 11 is 1.32. The number of carbonyl (C=O) groups is 2. The number of rotatable bonds is 9. The van der Waals surface area contributed by atoms with Crippen LogP contribution in [0.2, 0.25) is 0 Å². The van der Waals surface area contributed by atoms with Crippen LogP contribution >= 0.6 is 11.8 Å². The molecule has 1 heterocycles. The Bertz CT molecular complexity index is 1070. The predicted molar refractivity (Wildman–Crippen MR) is 128 cm³/mol. The van der Waals surface area contributed by atoms with E-state index in [1.807, 2.05) is 62.6 Å². The van der Waals surface area contributed by atoms with Crippen LogP contribution in [0.5, 0.6) is 0 Å². The lowest BCUT2D eigenvalue weighted by Gasteiger charge is -2.13. The maximum atomic E-state index is 12.3. The topological polar surface area (TPSA) is 88.9 Å². The van der Waals surface area contributed by atoms with Gasteiger partial charge in [0.15, 0.2) is 5.16 Å². The van der Waals surface area contributed by atoms with Crippen LogP contribution in [-0.2, 0) is 22.6 Å². The van der Waals surface area contributed by atoms with Crippen molar-refractivity contribution in [2.24, 2.45) is 0 Å². The molecule has 168 valence electrons. The Morgan fingerprint density at radius 2 is 1.69 bits per heavy atom. The molecule has 0 spiro atoms. The van der Waals surface area contributed by atoms with Crippen molar-refractivity contribution in [2.75, 3.05) is 17.6 Å². The van der Waals surface area contributed by atoms with Crippen LogP contribution in [-0.4, -0.2) is 38.9 Å². The second kappa shape index (κ2) is 10.9. The molecule has 0 saturated heterocycles. The summed E-state index contributed by atoms with van der Waals surface area (Å²) in [5, 5.41) is 14.8. The lowest BCUT2D eigenvalue weighted by atomic mass is 10.1. The van der Waals surface area contributed by atoms with Crippen LogP contribution < -0.4 is 10.6 Å². The van der Waals surface area contributed by atoms with Gasteiger partial charge in [-0.1, -0.05) is 59.8 Å². The first kappa shape index (κ1) is 23.5. The molecule has 3 rings (SSSR count). The standard InChI is InChI=1S/C24H29N5O2S/c1-5-29-20(13-19-9-7-6-8-10-19)27-28-24(29)32-15-22(31)25-14-21(30)26-23-17(3)11-16(2)12-18(23)4/h6-12H,5,13-15H2,1-4H3,(H,25,31)(H,26,30). The molecule has 0 saturated carbocycles. The monoisotopic (exact) mass is 451 g/mol. The van der Waals surface area contributed by atoms with Gasteiger partial charge in [-0.05, 0) is 44.4 Å². The summed E-state index contributed by atoms with van der Waals surface area (Å²) in [6.45, 7) is 8.61. The van der Waals surface area contributed by atoms with Crippen LogP contribution in [0, 0.1) is 20.8 Å². The molecule has 2 aromatic carbocycles. The quantitative estimate of drug-likeness (QED) is 0.485. The summed E-state index contributed by atoms with van der Waals surface area (Å²) < 4.78 is 2.01. The lowest BCUT2D eigenvalue weighted by Crippen LogP contribution is -2.34. The first-order chi connectivity index (χ1) is 15.4. The minimum absolute atomic E-state index is 0.0775. The largest absolute Gasteiger partial charge is 0.346 e. The number of aromatic nitrogens is 3. The number of carbonyl (C=O) groups excluding carboxylic acids is 2. The summed E-state index contributed by atoms with van der Waals surface area (Å²) in [7, 11) is 0. The van der Waals surface area contributed by atoms with Gasteiger partial charge in [-0.3, -0.25) is 9.59 Å². The Hall–Kier alpha value is -3.13. The van der Waals surface area contributed by atoms with Crippen molar-refractivity contribution in [1.82, 2.24) is 20.1 Å². The molecule has 0 bridgehead atoms. The molecule has 32 heavy (non-hydrogen) atoms. The molecule has 0 radical (unpaired) electrons. The number of hydrogen-bond donors (Lipinski definition) is 2. The normalized spacial score (nSPS) is 10.8. The van der Waals surface area contributed by atoms with Gasteiger partial charge < -0.3 is 15.2 Å². The minimum Gasteiger partial charge on any atom is -0.346 e. The summed E-state index contributed by atoms with van der Waals surface area (Å²) in [5.41, 5.74) is 5.11. The molecule has 2 amide bonds. The van der Waals surface area contributed by atoms with E-state index in [1.54, 1.807) is 0 Å². The lowest BCUT2D eigenvalue weighted by molar-refractivity contribution is -0.122. The maximum absolute atomic E-state index is 12.3. The van der Waals surface area contributed by atoms with Crippen molar-refractivity contribution in [2.45, 2.75) is 45.8 Å². The Labute approximate surface area is 193 Å². The molecule has 0 atom stereocenters. The molecular formula is C24H29N5O2S. The fourth-order valence-corrected chi connectivity index (χ4v) is 4.42. The highest BCUT2D eigenvalue weighted by Gasteiger charge is 2.14. The summed E-state index contributed by atoms with van der Waals surface area (Å²) in [4.78, 5) is 24.6. The molecule has 0 aliphatic heterocycles. The number of thioether (sulfide) groups is 1. The van der Waals surface area contributed by atoms with Crippen LogP contribution in [0.4, 0.5) is 5.69 Å². The average Bonchev–Trinajstić information content (AvgIpc) is 3.15. The number of anilines is 1. The second-order valence-corrected chi connectivity index (χ2v) is 8.64. The van der Waals surface area contributed by atoms with E-state index in [0.717, 1.165) is 40.3 Å². The molecule has 2 N–H and O–H groups in total. The van der Waals surface area contributed by atoms with Gasteiger partial charge in [-0.15, -0.1) is 10.2 Å². The van der Waals surface area contributed by atoms with Gasteiger partial charge in [-0.2, -0.15) is 0 Å². The van der Waals surface area contributed by atoms with Crippen molar-refractivity contribution >= 4 is 29.3 Å². The molecule has 0 aliphatic rings. The molecule has 8 heteroatoms. The van der Waals surface area contributed by atoms with E-state index in [0.29, 0.717) is 11.6 Å². The molecule has 7 nitrogen and oxygen atoms in total. The van der Waals surface area contributed by atoms with Gasteiger partial charge in [0, 0.05) is 18.7 Å². The third kappa shape index (κ3) is 6.20. The van der Waals surface area contributed by atoms with Crippen LogP contribution in [0.3, 0.4) is 0 Å². The second-order valence-electron chi connectivity index (χ2n) is 7.69. The summed E-state index contributed by atoms with van der Waals surface area (Å²) in [5.74, 6) is 0.558. The molecule has 0 aliphatic carbocycles. The number of nitrogens with one attached hydrogen (secondary N) is 2. The van der Waals surface area contributed by atoms with Gasteiger partial charge in [-0.25, -0.2) is 0 Å². The van der Waals surface area contributed by atoms with Crippen molar-refractivity contribution < 1.29 is 9.59 Å². The number of amides is 2. The number of benzene rings is 2. The van der Waals surface area contributed by atoms with E-state index in [-0.39, 0.29) is 24.1 Å². The minimum atomic E-state index is -0.250. The van der Waals surface area contributed by atoms with Gasteiger partial charge >= 0.3 is 0 Å². The molecule has 0 unspecified atom stereocenters. The Kier molecular flexibility index (Phi) is 8.05. The van der Waals surface area contributed by atoms with Gasteiger partial charge in [0.1, 0.15) is 5.82 Å². The van der Waals surface area contributed by atoms with E-state index in [1.165, 1.54) is 11.8 Å². The van der Waals surface area contributed by atoms with Crippen molar-refractivity contribution in [3.05, 3.63) is 70.5 Å². The van der Waals surface area contributed by atoms with Crippen LogP contribution in [0.15, 0.2) is 47.6 Å². The van der Waals surface area contributed by atoms with Gasteiger partial charge in [0.05, 0.1) is 12.3 Å². The van der Waals surface area contributed by atoms with Gasteiger partial charge in [0.2, 0.25) is 11.8 Å². The average molecular weight is 452 g/mol. The van der Waals surface area contributed by atoms with E-state index in [4.69, 9.17) is 0 Å². The third-order valence-electron chi connectivity index (χ3n) is 5.03. The van der Waals surface area contributed by atoms with Crippen LogP contribution in [0.25, 0.3) is 0 Å². The van der Waals surface area contributed by atoms with E-state index in [9.17, 15) is 9.59 Å². The SMILES string of the molecule is CCn1c(Cc2ccccc2)nnc1SCC(=O)NCC(=O)Nc1c(C)cc(C)cc1C. The van der Waals surface area contributed by atoms with E-state index >= 15 is 0 Å². The van der Waals surface area contributed by atoms with E-state index in [2.05, 4.69) is 33.0 Å². The molecule has 3 aromatic rings. The Morgan fingerprint density at radius 3 is 2.34 bits per heavy atom. The fraction of sp³-hybridized carbons (Fsp3) is 0.333. The number of nitrogens with zero attached hydrogens (tertiary/aromatic N) is 3. The highest BCUT2D eigenvalue weighted by Crippen LogP contribution is 2.22. The van der Waals surface area contributed by atoms with Crippen molar-refractivity contribution in [3.8, 4) is 0 Å². The first-order valence-corrected chi connectivity index (χ1v) is 11.6. The predicted octanol–water partition coefficient (Wildman–Crippen LogP) is 3.66. The number of hydrogen-bond acceptors (Lipinski definition) is 5. The fourth-order valence-electron chi connectivity index (χ4n) is 3.57. The van der Waals surface area contributed by atoms with Gasteiger partial charge in [0.25, 0.3) is 0 Å². The Morgan fingerprint density at radius 1 is 1.00 bits per heavy atom. The van der Waals surface area contributed by atoms with Crippen molar-refractivity contribution in [3.63, 3.8) is 0 Å². The van der Waals surface area contributed by atoms with Crippen molar-refractivity contribution in [1.29, 1.82) is 0 Å². The zero-order chi connectivity index (χ0) is 23.1. The molecule has 1 aromatic heterocycles. The zero-order valence-corrected chi connectivity index (χ0v) is 19.8. The summed E-state index contributed by atoms with van der Waals surface area (Å²) in [6, 6.07) is 14.1. The molecular weight excluding hydrogens is 422 g/mol. The zero-order valence-electron chi connectivity index (χ0n) is 18.9. The third-order valence-corrected chi connectivity index (χ3v) is 6.00. The van der Waals surface area contributed by atoms with Crippen LogP contribution in [0.1, 0.15) is 35.0 Å². The maximum Gasteiger partial charge on any atom is 0.243 e. The van der Waals surface area contributed by atoms with E-state index < -0.39 is 0 Å². The smallest absolute Gasteiger partial charge is 0.243 e. The first-order valence-electron chi connectivity index (χ1n) is 10.6. The summed E-state index contributed by atoms with van der Waals surface area (Å²) in [6.07, 6.45) is 0.687. The molecule has 0 fully saturated rings. The Balaban J connectivity index is 1.50. The number of aryl methyl sites for hydroxylation is 3.